The second-order valence-corrected chi connectivity index (χ2v) is 5.11. The van der Waals surface area contributed by atoms with Gasteiger partial charge in [0.15, 0.2) is 0 Å². The van der Waals surface area contributed by atoms with Crippen LogP contribution in [0, 0.1) is 17.8 Å². The van der Waals surface area contributed by atoms with Crippen molar-refractivity contribution < 1.29 is 5.11 Å². The second-order valence-electron chi connectivity index (χ2n) is 5.11. The average Bonchev–Trinajstić information content (AvgIpc) is 3.15. The minimum atomic E-state index is 0.136. The Kier molecular flexibility index (Phi) is 4.81. The van der Waals surface area contributed by atoms with E-state index in [2.05, 4.69) is 48.1 Å². The summed E-state index contributed by atoms with van der Waals surface area (Å²) in [6.45, 7) is 2.37. The second kappa shape index (κ2) is 6.58. The van der Waals surface area contributed by atoms with Gasteiger partial charge >= 0.3 is 0 Å². The number of hydrogen-bond donors (Lipinski definition) is 1. The van der Waals surface area contributed by atoms with Gasteiger partial charge in [0.05, 0.1) is 6.61 Å². The van der Waals surface area contributed by atoms with Gasteiger partial charge in [-0.15, -0.1) is 0 Å². The first kappa shape index (κ1) is 13.1. The van der Waals surface area contributed by atoms with Gasteiger partial charge < -0.3 is 10.0 Å². The lowest BCUT2D eigenvalue weighted by molar-refractivity contribution is 0.305. The fourth-order valence-electron chi connectivity index (χ4n) is 2.03. The van der Waals surface area contributed by atoms with Crippen molar-refractivity contribution in [1.82, 2.24) is 4.90 Å². The molecule has 2 nitrogen and oxygen atoms in total. The van der Waals surface area contributed by atoms with Gasteiger partial charge in [0.1, 0.15) is 0 Å². The van der Waals surface area contributed by atoms with Crippen LogP contribution < -0.4 is 0 Å². The van der Waals surface area contributed by atoms with Crippen LogP contribution in [0.5, 0.6) is 0 Å². The quantitative estimate of drug-likeness (QED) is 0.802. The van der Waals surface area contributed by atoms with Crippen molar-refractivity contribution >= 4 is 0 Å². The first-order valence-electron chi connectivity index (χ1n) is 6.65. The molecule has 2 heteroatoms. The van der Waals surface area contributed by atoms with E-state index >= 15 is 0 Å². The third-order valence-corrected chi connectivity index (χ3v) is 3.14. The Morgan fingerprint density at radius 1 is 1.28 bits per heavy atom. The topological polar surface area (TPSA) is 23.5 Å². The summed E-state index contributed by atoms with van der Waals surface area (Å²) in [7, 11) is 2.19. The molecule has 0 saturated heterocycles. The molecule has 1 saturated carbocycles. The lowest BCUT2D eigenvalue weighted by Crippen LogP contribution is -2.20. The fourth-order valence-corrected chi connectivity index (χ4v) is 2.03. The highest BCUT2D eigenvalue weighted by Crippen LogP contribution is 2.29. The number of benzene rings is 1. The highest BCUT2D eigenvalue weighted by molar-refractivity contribution is 5.36. The molecule has 0 atom stereocenters. The molecule has 1 aliphatic rings. The Morgan fingerprint density at radius 3 is 2.61 bits per heavy atom. The van der Waals surface area contributed by atoms with E-state index in [1.54, 1.807) is 0 Å². The van der Waals surface area contributed by atoms with E-state index in [-0.39, 0.29) is 6.61 Å². The normalized spacial score (nSPS) is 14.4. The molecule has 1 aromatic rings. The van der Waals surface area contributed by atoms with Crippen molar-refractivity contribution in [2.24, 2.45) is 5.92 Å². The molecular weight excluding hydrogens is 222 g/mol. The van der Waals surface area contributed by atoms with E-state index in [9.17, 15) is 0 Å². The van der Waals surface area contributed by atoms with Gasteiger partial charge in [-0.2, -0.15) is 0 Å². The summed E-state index contributed by atoms with van der Waals surface area (Å²) in [5.74, 6) is 6.92. The fraction of sp³-hybridized carbons (Fsp3) is 0.500. The zero-order valence-corrected chi connectivity index (χ0v) is 11.0. The van der Waals surface area contributed by atoms with Crippen molar-refractivity contribution in [3.05, 3.63) is 35.4 Å². The molecule has 1 fully saturated rings. The highest BCUT2D eigenvalue weighted by Gasteiger charge is 2.22. The molecule has 0 aliphatic heterocycles. The van der Waals surface area contributed by atoms with Crippen LogP contribution in [0.25, 0.3) is 0 Å². The molecule has 2 rings (SSSR count). The molecule has 0 heterocycles. The van der Waals surface area contributed by atoms with E-state index in [1.165, 1.54) is 24.9 Å². The Hall–Kier alpha value is -1.30. The average molecular weight is 243 g/mol. The monoisotopic (exact) mass is 243 g/mol. The third kappa shape index (κ3) is 4.52. The van der Waals surface area contributed by atoms with Crippen LogP contribution in [0.3, 0.4) is 0 Å². The standard InChI is InChI=1S/C16H21NO/c1-17(13-16-9-10-16)12-15-7-5-14(6-8-15)4-2-3-11-18/h5-8,16,18H,3,9-13H2,1H3. The first-order chi connectivity index (χ1) is 8.78. The van der Waals surface area contributed by atoms with E-state index in [0.29, 0.717) is 6.42 Å². The van der Waals surface area contributed by atoms with Gasteiger partial charge in [-0.25, -0.2) is 0 Å². The van der Waals surface area contributed by atoms with Crippen molar-refractivity contribution in [1.29, 1.82) is 0 Å². The Balaban J connectivity index is 1.84. The predicted molar refractivity (Wildman–Crippen MR) is 74.1 cm³/mol. The highest BCUT2D eigenvalue weighted by atomic mass is 16.2. The minimum absolute atomic E-state index is 0.136. The SMILES string of the molecule is CN(Cc1ccc(C#CCCO)cc1)CC1CC1. The van der Waals surface area contributed by atoms with Crippen LogP contribution in [0.2, 0.25) is 0 Å². The van der Waals surface area contributed by atoms with E-state index in [4.69, 9.17) is 5.11 Å². The maximum absolute atomic E-state index is 8.66. The van der Waals surface area contributed by atoms with Crippen LogP contribution in [-0.4, -0.2) is 30.2 Å². The minimum Gasteiger partial charge on any atom is -0.395 e. The molecular formula is C16H21NO. The number of nitrogens with zero attached hydrogens (tertiary/aromatic N) is 1. The Bertz CT molecular complexity index is 423. The molecule has 0 spiro atoms. The van der Waals surface area contributed by atoms with Crippen molar-refractivity contribution in [2.75, 3.05) is 20.2 Å². The van der Waals surface area contributed by atoms with Crippen molar-refractivity contribution in [3.8, 4) is 11.8 Å². The van der Waals surface area contributed by atoms with E-state index in [0.717, 1.165) is 18.0 Å². The van der Waals surface area contributed by atoms with Crippen LogP contribution >= 0.6 is 0 Å². The maximum Gasteiger partial charge on any atom is 0.0540 e. The van der Waals surface area contributed by atoms with Crippen LogP contribution in [0.4, 0.5) is 0 Å². The number of rotatable bonds is 5. The van der Waals surface area contributed by atoms with Crippen molar-refractivity contribution in [2.45, 2.75) is 25.8 Å². The molecule has 96 valence electrons. The van der Waals surface area contributed by atoms with Gasteiger partial charge in [0.25, 0.3) is 0 Å². The van der Waals surface area contributed by atoms with Gasteiger partial charge in [0, 0.05) is 25.1 Å². The molecule has 0 aromatic heterocycles. The van der Waals surface area contributed by atoms with Gasteiger partial charge in [-0.05, 0) is 43.5 Å². The number of hydrogen-bond acceptors (Lipinski definition) is 2. The molecule has 18 heavy (non-hydrogen) atoms. The largest absolute Gasteiger partial charge is 0.395 e. The lowest BCUT2D eigenvalue weighted by atomic mass is 10.1. The van der Waals surface area contributed by atoms with Gasteiger partial charge in [-0.1, -0.05) is 24.0 Å². The molecule has 1 aromatic carbocycles. The Labute approximate surface area is 110 Å². The van der Waals surface area contributed by atoms with Gasteiger partial charge in [-0.3, -0.25) is 0 Å². The number of aliphatic hydroxyl groups excluding tert-OH is 1. The summed E-state index contributed by atoms with van der Waals surface area (Å²) in [4.78, 5) is 2.39. The van der Waals surface area contributed by atoms with Crippen LogP contribution in [-0.2, 0) is 6.54 Å². The summed E-state index contributed by atoms with van der Waals surface area (Å²) < 4.78 is 0. The smallest absolute Gasteiger partial charge is 0.0540 e. The summed E-state index contributed by atoms with van der Waals surface area (Å²) in [5.41, 5.74) is 2.36. The van der Waals surface area contributed by atoms with Crippen LogP contribution in [0.15, 0.2) is 24.3 Å². The summed E-state index contributed by atoms with van der Waals surface area (Å²) >= 11 is 0. The zero-order chi connectivity index (χ0) is 12.8. The Morgan fingerprint density at radius 2 is 2.00 bits per heavy atom. The van der Waals surface area contributed by atoms with E-state index in [1.807, 2.05) is 0 Å². The summed E-state index contributed by atoms with van der Waals surface area (Å²) in [6.07, 6.45) is 3.36. The molecule has 0 radical (unpaired) electrons. The van der Waals surface area contributed by atoms with E-state index < -0.39 is 0 Å². The lowest BCUT2D eigenvalue weighted by Gasteiger charge is -2.16. The van der Waals surface area contributed by atoms with Gasteiger partial charge in [0.2, 0.25) is 0 Å². The van der Waals surface area contributed by atoms with Crippen molar-refractivity contribution in [3.63, 3.8) is 0 Å². The number of aliphatic hydroxyl groups is 1. The zero-order valence-electron chi connectivity index (χ0n) is 11.0. The maximum atomic E-state index is 8.66. The predicted octanol–water partition coefficient (Wildman–Crippen LogP) is 2.26. The molecule has 0 bridgehead atoms. The summed E-state index contributed by atoms with van der Waals surface area (Å²) in [6, 6.07) is 8.41. The molecule has 1 N–H and O–H groups in total. The molecule has 0 unspecified atom stereocenters. The molecule has 0 amide bonds. The summed E-state index contributed by atoms with van der Waals surface area (Å²) in [5, 5.41) is 8.66. The third-order valence-electron chi connectivity index (χ3n) is 3.14. The first-order valence-corrected chi connectivity index (χ1v) is 6.65. The van der Waals surface area contributed by atoms with Crippen LogP contribution in [0.1, 0.15) is 30.4 Å². The molecule has 1 aliphatic carbocycles.